The standard InChI is InChI=1S/C15H17ClFNOS/c1-3-9-18-15(12-7-8-13(16)20-12)10-5-4-6-11(19-2)14(10)17/h4-8,15,18H,3,9H2,1-2H3. The molecule has 1 heterocycles. The SMILES string of the molecule is CCCNC(c1ccc(Cl)s1)c1cccc(OC)c1F. The molecule has 1 aromatic carbocycles. The molecule has 0 fully saturated rings. The predicted octanol–water partition coefficient (Wildman–Crippen LogP) is 4.64. The normalized spacial score (nSPS) is 12.4. The molecule has 0 bridgehead atoms. The highest BCUT2D eigenvalue weighted by atomic mass is 35.5. The molecular formula is C15H17ClFNOS. The molecule has 0 aliphatic carbocycles. The summed E-state index contributed by atoms with van der Waals surface area (Å²) in [5.41, 5.74) is 0.580. The number of benzene rings is 1. The predicted molar refractivity (Wildman–Crippen MR) is 82.4 cm³/mol. The van der Waals surface area contributed by atoms with Crippen LogP contribution in [-0.2, 0) is 0 Å². The van der Waals surface area contributed by atoms with Gasteiger partial charge in [0.15, 0.2) is 11.6 Å². The highest BCUT2D eigenvalue weighted by Crippen LogP contribution is 2.34. The van der Waals surface area contributed by atoms with Crippen molar-refractivity contribution in [1.29, 1.82) is 0 Å². The lowest BCUT2D eigenvalue weighted by Crippen LogP contribution is -2.23. The summed E-state index contributed by atoms with van der Waals surface area (Å²) in [5, 5.41) is 3.36. The smallest absolute Gasteiger partial charge is 0.170 e. The summed E-state index contributed by atoms with van der Waals surface area (Å²) >= 11 is 7.46. The van der Waals surface area contributed by atoms with Gasteiger partial charge in [0.1, 0.15) is 0 Å². The minimum absolute atomic E-state index is 0.206. The molecule has 0 spiro atoms. The molecule has 0 aliphatic rings. The summed E-state index contributed by atoms with van der Waals surface area (Å²) in [6.07, 6.45) is 0.973. The van der Waals surface area contributed by atoms with E-state index in [1.54, 1.807) is 18.2 Å². The van der Waals surface area contributed by atoms with Gasteiger partial charge in [-0.15, -0.1) is 11.3 Å². The zero-order valence-electron chi connectivity index (χ0n) is 11.5. The second-order valence-corrected chi connectivity index (χ2v) is 6.14. The van der Waals surface area contributed by atoms with Crippen molar-refractivity contribution in [3.63, 3.8) is 0 Å². The van der Waals surface area contributed by atoms with Crippen molar-refractivity contribution in [2.45, 2.75) is 19.4 Å². The number of ether oxygens (including phenoxy) is 1. The van der Waals surface area contributed by atoms with E-state index in [1.807, 2.05) is 12.1 Å². The maximum absolute atomic E-state index is 14.4. The van der Waals surface area contributed by atoms with Crippen molar-refractivity contribution in [2.24, 2.45) is 0 Å². The highest BCUT2D eigenvalue weighted by Gasteiger charge is 2.21. The van der Waals surface area contributed by atoms with Crippen molar-refractivity contribution in [1.82, 2.24) is 5.32 Å². The molecule has 0 aliphatic heterocycles. The van der Waals surface area contributed by atoms with Gasteiger partial charge in [0.2, 0.25) is 0 Å². The Hall–Kier alpha value is -1.10. The molecule has 1 N–H and O–H groups in total. The van der Waals surface area contributed by atoms with E-state index in [9.17, 15) is 4.39 Å². The molecule has 1 aromatic heterocycles. The van der Waals surface area contributed by atoms with Crippen LogP contribution in [0.3, 0.4) is 0 Å². The quantitative estimate of drug-likeness (QED) is 0.839. The van der Waals surface area contributed by atoms with E-state index in [4.69, 9.17) is 16.3 Å². The van der Waals surface area contributed by atoms with Crippen LogP contribution in [-0.4, -0.2) is 13.7 Å². The molecule has 20 heavy (non-hydrogen) atoms. The Morgan fingerprint density at radius 3 is 2.75 bits per heavy atom. The lowest BCUT2D eigenvalue weighted by molar-refractivity contribution is 0.381. The number of methoxy groups -OCH3 is 1. The first-order valence-electron chi connectivity index (χ1n) is 6.48. The number of rotatable bonds is 6. The lowest BCUT2D eigenvalue weighted by Gasteiger charge is -2.19. The van der Waals surface area contributed by atoms with Gasteiger partial charge in [0.25, 0.3) is 0 Å². The van der Waals surface area contributed by atoms with E-state index in [-0.39, 0.29) is 17.6 Å². The minimum Gasteiger partial charge on any atom is -0.494 e. The van der Waals surface area contributed by atoms with Crippen molar-refractivity contribution >= 4 is 22.9 Å². The molecule has 2 rings (SSSR count). The van der Waals surface area contributed by atoms with Crippen LogP contribution in [0.25, 0.3) is 0 Å². The first kappa shape index (κ1) is 15.3. The van der Waals surface area contributed by atoms with Gasteiger partial charge in [-0.2, -0.15) is 0 Å². The van der Waals surface area contributed by atoms with Crippen LogP contribution in [0.5, 0.6) is 5.75 Å². The van der Waals surface area contributed by atoms with Crippen molar-refractivity contribution < 1.29 is 9.13 Å². The molecule has 5 heteroatoms. The monoisotopic (exact) mass is 313 g/mol. The first-order chi connectivity index (χ1) is 9.67. The summed E-state index contributed by atoms with van der Waals surface area (Å²) in [6.45, 7) is 2.88. The summed E-state index contributed by atoms with van der Waals surface area (Å²) < 4.78 is 20.2. The molecule has 0 saturated heterocycles. The molecule has 0 radical (unpaired) electrons. The van der Waals surface area contributed by atoms with E-state index in [0.717, 1.165) is 17.8 Å². The van der Waals surface area contributed by atoms with E-state index in [2.05, 4.69) is 12.2 Å². The van der Waals surface area contributed by atoms with Crippen LogP contribution in [0, 0.1) is 5.82 Å². The van der Waals surface area contributed by atoms with Gasteiger partial charge in [-0.3, -0.25) is 0 Å². The number of thiophene rings is 1. The molecule has 2 nitrogen and oxygen atoms in total. The van der Waals surface area contributed by atoms with Crippen LogP contribution in [0.15, 0.2) is 30.3 Å². The summed E-state index contributed by atoms with van der Waals surface area (Å²) in [4.78, 5) is 0.996. The van der Waals surface area contributed by atoms with Gasteiger partial charge in [0, 0.05) is 10.4 Å². The molecule has 1 unspecified atom stereocenters. The van der Waals surface area contributed by atoms with E-state index in [1.165, 1.54) is 18.4 Å². The second kappa shape index (κ2) is 7.07. The van der Waals surface area contributed by atoms with E-state index >= 15 is 0 Å². The number of hydrogen-bond acceptors (Lipinski definition) is 3. The fraction of sp³-hybridized carbons (Fsp3) is 0.333. The Bertz CT molecular complexity index is 573. The van der Waals surface area contributed by atoms with Gasteiger partial charge >= 0.3 is 0 Å². The topological polar surface area (TPSA) is 21.3 Å². The average molecular weight is 314 g/mol. The molecule has 0 amide bonds. The van der Waals surface area contributed by atoms with Gasteiger partial charge in [-0.25, -0.2) is 4.39 Å². The zero-order valence-corrected chi connectivity index (χ0v) is 13.0. The van der Waals surface area contributed by atoms with Crippen molar-refractivity contribution in [2.75, 3.05) is 13.7 Å². The number of hydrogen-bond donors (Lipinski definition) is 1. The molecule has 0 saturated carbocycles. The third-order valence-corrected chi connectivity index (χ3v) is 4.30. The van der Waals surface area contributed by atoms with Crippen LogP contribution in [0.1, 0.15) is 29.8 Å². The Kier molecular flexibility index (Phi) is 5.40. The molecule has 1 atom stereocenters. The van der Waals surface area contributed by atoms with E-state index < -0.39 is 0 Å². The van der Waals surface area contributed by atoms with Crippen LogP contribution >= 0.6 is 22.9 Å². The third kappa shape index (κ3) is 3.32. The Morgan fingerprint density at radius 1 is 1.35 bits per heavy atom. The van der Waals surface area contributed by atoms with Crippen molar-refractivity contribution in [3.05, 3.63) is 50.9 Å². The Balaban J connectivity index is 2.41. The fourth-order valence-electron chi connectivity index (χ4n) is 2.04. The molecule has 108 valence electrons. The van der Waals surface area contributed by atoms with Crippen LogP contribution in [0.4, 0.5) is 4.39 Å². The maximum Gasteiger partial charge on any atom is 0.170 e. The van der Waals surface area contributed by atoms with Crippen molar-refractivity contribution in [3.8, 4) is 5.75 Å². The summed E-state index contributed by atoms with van der Waals surface area (Å²) in [6, 6.07) is 8.75. The maximum atomic E-state index is 14.4. The second-order valence-electron chi connectivity index (χ2n) is 4.39. The zero-order chi connectivity index (χ0) is 14.5. The summed E-state index contributed by atoms with van der Waals surface area (Å²) in [7, 11) is 1.47. The molecular weight excluding hydrogens is 297 g/mol. The average Bonchev–Trinajstić information content (AvgIpc) is 2.87. The van der Waals surface area contributed by atoms with Gasteiger partial charge in [0.05, 0.1) is 17.5 Å². The highest BCUT2D eigenvalue weighted by molar-refractivity contribution is 7.16. The minimum atomic E-state index is -0.326. The lowest BCUT2D eigenvalue weighted by atomic mass is 10.0. The van der Waals surface area contributed by atoms with Crippen LogP contribution < -0.4 is 10.1 Å². The Labute approximate surface area is 127 Å². The number of halogens is 2. The van der Waals surface area contributed by atoms with Gasteiger partial charge in [-0.1, -0.05) is 30.7 Å². The number of nitrogens with one attached hydrogen (secondary N) is 1. The van der Waals surface area contributed by atoms with E-state index in [0.29, 0.717) is 9.90 Å². The fourth-order valence-corrected chi connectivity index (χ4v) is 3.20. The first-order valence-corrected chi connectivity index (χ1v) is 7.67. The van der Waals surface area contributed by atoms with Gasteiger partial charge in [-0.05, 0) is 31.2 Å². The van der Waals surface area contributed by atoms with Crippen LogP contribution in [0.2, 0.25) is 4.34 Å². The summed E-state index contributed by atoms with van der Waals surface area (Å²) in [5.74, 6) is -0.0680. The third-order valence-electron chi connectivity index (χ3n) is 3.00. The van der Waals surface area contributed by atoms with Gasteiger partial charge < -0.3 is 10.1 Å². The molecule has 2 aromatic rings. The Morgan fingerprint density at radius 2 is 2.15 bits per heavy atom. The largest absolute Gasteiger partial charge is 0.494 e.